The van der Waals surface area contributed by atoms with E-state index in [0.717, 1.165) is 26.2 Å². The molecule has 120 valence electrons. The summed E-state index contributed by atoms with van der Waals surface area (Å²) in [5, 5.41) is 1.64. The van der Waals surface area contributed by atoms with E-state index in [0.29, 0.717) is 5.92 Å². The molecule has 1 aromatic carbocycles. The van der Waals surface area contributed by atoms with Gasteiger partial charge in [0.1, 0.15) is 0 Å². The molecule has 0 saturated heterocycles. The molecule has 3 heteroatoms. The van der Waals surface area contributed by atoms with Gasteiger partial charge < -0.3 is 9.13 Å². The Bertz CT molecular complexity index is 388. The average Bonchev–Trinajstić information content (AvgIpc) is 2.54. The normalized spacial score (nSPS) is 13.4. The second-order valence-corrected chi connectivity index (χ2v) is 8.58. The zero-order chi connectivity index (χ0) is 15.8. The minimum Gasteiger partial charge on any atom is -0.311 e. The van der Waals surface area contributed by atoms with Crippen molar-refractivity contribution in [1.82, 2.24) is 9.13 Å². The second-order valence-electron chi connectivity index (χ2n) is 5.75. The van der Waals surface area contributed by atoms with Gasteiger partial charge in [-0.15, -0.1) is 0 Å². The maximum Gasteiger partial charge on any atom is 0.223 e. The SMILES string of the molecule is CCC(C)c1ccccc1[SiH](N(CC)CC)N(CC)CC. The van der Waals surface area contributed by atoms with Crippen LogP contribution in [-0.2, 0) is 0 Å². The van der Waals surface area contributed by atoms with Crippen molar-refractivity contribution >= 4 is 14.3 Å². The van der Waals surface area contributed by atoms with Gasteiger partial charge in [-0.1, -0.05) is 65.8 Å². The van der Waals surface area contributed by atoms with Crippen molar-refractivity contribution in [1.29, 1.82) is 0 Å². The Morgan fingerprint density at radius 1 is 0.857 bits per heavy atom. The lowest BCUT2D eigenvalue weighted by Gasteiger charge is -2.38. The Labute approximate surface area is 133 Å². The molecule has 0 aliphatic heterocycles. The molecule has 0 aliphatic rings. The van der Waals surface area contributed by atoms with E-state index >= 15 is 0 Å². The Morgan fingerprint density at radius 3 is 1.76 bits per heavy atom. The van der Waals surface area contributed by atoms with Crippen molar-refractivity contribution in [2.45, 2.75) is 53.9 Å². The van der Waals surface area contributed by atoms with E-state index in [1.807, 2.05) is 0 Å². The molecule has 21 heavy (non-hydrogen) atoms. The Kier molecular flexibility index (Phi) is 8.23. The highest BCUT2D eigenvalue weighted by molar-refractivity contribution is 6.68. The van der Waals surface area contributed by atoms with Crippen molar-refractivity contribution < 1.29 is 0 Å². The first-order chi connectivity index (χ1) is 10.1. The van der Waals surface area contributed by atoms with Crippen molar-refractivity contribution in [3.8, 4) is 0 Å². The highest BCUT2D eigenvalue weighted by Gasteiger charge is 2.28. The molecule has 0 N–H and O–H groups in total. The van der Waals surface area contributed by atoms with Gasteiger partial charge in [0.25, 0.3) is 0 Å². The summed E-state index contributed by atoms with van der Waals surface area (Å²) < 4.78 is 5.43. The van der Waals surface area contributed by atoms with Crippen LogP contribution in [0.3, 0.4) is 0 Å². The third-order valence-electron chi connectivity index (χ3n) is 4.73. The van der Waals surface area contributed by atoms with Crippen LogP contribution in [0.1, 0.15) is 59.4 Å². The Morgan fingerprint density at radius 2 is 1.33 bits per heavy atom. The molecule has 0 amide bonds. The summed E-state index contributed by atoms with van der Waals surface area (Å²) in [6.45, 7) is 18.5. The standard InChI is InChI=1S/C18H34N2Si/c1-7-16(6)17-14-12-13-15-18(17)21(19(8-2)9-3)20(10-4)11-5/h12-16,21H,7-11H2,1-6H3. The number of benzene rings is 1. The van der Waals surface area contributed by atoms with Gasteiger partial charge in [-0.3, -0.25) is 0 Å². The van der Waals surface area contributed by atoms with Crippen molar-refractivity contribution in [2.24, 2.45) is 0 Å². The second kappa shape index (κ2) is 9.39. The molecule has 1 atom stereocenters. The van der Waals surface area contributed by atoms with Gasteiger partial charge in [0, 0.05) is 0 Å². The molecule has 0 aliphatic carbocycles. The molecule has 0 aromatic heterocycles. The number of rotatable bonds is 9. The monoisotopic (exact) mass is 306 g/mol. The van der Waals surface area contributed by atoms with Gasteiger partial charge in [0.05, 0.1) is 0 Å². The van der Waals surface area contributed by atoms with Crippen LogP contribution in [0.25, 0.3) is 0 Å². The first-order valence-corrected chi connectivity index (χ1v) is 10.3. The fourth-order valence-electron chi connectivity index (χ4n) is 3.18. The van der Waals surface area contributed by atoms with Crippen LogP contribution in [0.5, 0.6) is 0 Å². The van der Waals surface area contributed by atoms with Gasteiger partial charge >= 0.3 is 0 Å². The summed E-state index contributed by atoms with van der Waals surface area (Å²) in [4.78, 5) is 0. The molecule has 0 bridgehead atoms. The van der Waals surface area contributed by atoms with Crippen molar-refractivity contribution in [2.75, 3.05) is 26.2 Å². The highest BCUT2D eigenvalue weighted by atomic mass is 28.3. The van der Waals surface area contributed by atoms with Crippen molar-refractivity contribution in [3.63, 3.8) is 0 Å². The van der Waals surface area contributed by atoms with Crippen LogP contribution in [0.4, 0.5) is 0 Å². The lowest BCUT2D eigenvalue weighted by molar-refractivity contribution is 0.387. The first-order valence-electron chi connectivity index (χ1n) is 8.71. The number of hydrogen-bond acceptors (Lipinski definition) is 2. The van der Waals surface area contributed by atoms with Crippen LogP contribution < -0.4 is 5.19 Å². The van der Waals surface area contributed by atoms with Crippen LogP contribution in [0.15, 0.2) is 24.3 Å². The van der Waals surface area contributed by atoms with Crippen molar-refractivity contribution in [3.05, 3.63) is 29.8 Å². The summed E-state index contributed by atoms with van der Waals surface area (Å²) in [6, 6.07) is 9.20. The van der Waals surface area contributed by atoms with Gasteiger partial charge in [0.15, 0.2) is 0 Å². The maximum atomic E-state index is 2.72. The Balaban J connectivity index is 3.31. The molecule has 1 aromatic rings. The zero-order valence-corrected chi connectivity index (χ0v) is 16.0. The van der Waals surface area contributed by atoms with E-state index in [1.54, 1.807) is 10.8 Å². The van der Waals surface area contributed by atoms with Gasteiger partial charge in [-0.2, -0.15) is 0 Å². The third kappa shape index (κ3) is 4.41. The third-order valence-corrected chi connectivity index (χ3v) is 8.66. The van der Waals surface area contributed by atoms with Gasteiger partial charge in [-0.05, 0) is 49.3 Å². The highest BCUT2D eigenvalue weighted by Crippen LogP contribution is 2.18. The molecule has 0 radical (unpaired) electrons. The van der Waals surface area contributed by atoms with Gasteiger partial charge in [-0.25, -0.2) is 0 Å². The predicted octanol–water partition coefficient (Wildman–Crippen LogP) is 3.31. The molecule has 0 saturated carbocycles. The molecule has 1 unspecified atom stereocenters. The maximum absolute atomic E-state index is 2.72. The summed E-state index contributed by atoms with van der Waals surface area (Å²) in [6.07, 6.45) is 1.22. The fourth-order valence-corrected chi connectivity index (χ4v) is 6.77. The lowest BCUT2D eigenvalue weighted by Crippen LogP contribution is -2.60. The summed E-state index contributed by atoms with van der Waals surface area (Å²) in [5.74, 6) is 0.655. The van der Waals surface area contributed by atoms with Crippen LogP contribution in [0.2, 0.25) is 0 Å². The zero-order valence-electron chi connectivity index (χ0n) is 14.9. The largest absolute Gasteiger partial charge is 0.311 e. The number of hydrogen-bond donors (Lipinski definition) is 0. The van der Waals surface area contributed by atoms with E-state index in [4.69, 9.17) is 0 Å². The van der Waals surface area contributed by atoms with E-state index in [2.05, 4.69) is 74.9 Å². The van der Waals surface area contributed by atoms with Crippen LogP contribution >= 0.6 is 0 Å². The summed E-state index contributed by atoms with van der Waals surface area (Å²) >= 11 is 0. The van der Waals surface area contributed by atoms with E-state index in [9.17, 15) is 0 Å². The fraction of sp³-hybridized carbons (Fsp3) is 0.667. The molecule has 0 spiro atoms. The Hall–Kier alpha value is -0.643. The summed E-state index contributed by atoms with van der Waals surface area (Å²) in [7, 11) is -1.26. The smallest absolute Gasteiger partial charge is 0.223 e. The average molecular weight is 307 g/mol. The molecular weight excluding hydrogens is 272 g/mol. The predicted molar refractivity (Wildman–Crippen MR) is 97.8 cm³/mol. The van der Waals surface area contributed by atoms with Crippen LogP contribution in [0, 0.1) is 0 Å². The topological polar surface area (TPSA) is 6.48 Å². The quantitative estimate of drug-likeness (QED) is 0.646. The van der Waals surface area contributed by atoms with E-state index in [-0.39, 0.29) is 0 Å². The number of nitrogens with zero attached hydrogens (tertiary/aromatic N) is 2. The minimum absolute atomic E-state index is 0.655. The minimum atomic E-state index is -1.26. The molecule has 0 fully saturated rings. The first kappa shape index (κ1) is 18.4. The molecule has 0 heterocycles. The van der Waals surface area contributed by atoms with Crippen LogP contribution in [-0.4, -0.2) is 44.4 Å². The molecule has 1 rings (SSSR count). The lowest BCUT2D eigenvalue weighted by atomic mass is 9.99. The van der Waals surface area contributed by atoms with E-state index in [1.165, 1.54) is 6.42 Å². The molecular formula is C18H34N2Si. The summed E-state index contributed by atoms with van der Waals surface area (Å²) in [5.41, 5.74) is 1.58. The van der Waals surface area contributed by atoms with Gasteiger partial charge in [0.2, 0.25) is 9.12 Å². The molecule has 2 nitrogen and oxygen atoms in total. The van der Waals surface area contributed by atoms with E-state index < -0.39 is 9.12 Å².